The SMILES string of the molecule is Cc1cc(C)c(C(=O)C(C#N)c2cccs2)c(C)c1. The van der Waals surface area contributed by atoms with Crippen LogP contribution in [-0.2, 0) is 0 Å². The number of hydrogen-bond acceptors (Lipinski definition) is 3. The van der Waals surface area contributed by atoms with Gasteiger partial charge in [-0.3, -0.25) is 4.79 Å². The van der Waals surface area contributed by atoms with Crippen molar-refractivity contribution in [2.45, 2.75) is 26.7 Å². The van der Waals surface area contributed by atoms with E-state index in [2.05, 4.69) is 6.07 Å². The van der Waals surface area contributed by atoms with E-state index in [0.717, 1.165) is 21.6 Å². The topological polar surface area (TPSA) is 40.9 Å². The van der Waals surface area contributed by atoms with Gasteiger partial charge >= 0.3 is 0 Å². The van der Waals surface area contributed by atoms with Crippen molar-refractivity contribution in [1.29, 1.82) is 5.26 Å². The zero-order valence-corrected chi connectivity index (χ0v) is 12.0. The Bertz CT molecular complexity index is 627. The van der Waals surface area contributed by atoms with Gasteiger partial charge in [-0.15, -0.1) is 11.3 Å². The summed E-state index contributed by atoms with van der Waals surface area (Å²) in [5, 5.41) is 11.2. The van der Waals surface area contributed by atoms with Crippen LogP contribution in [0.15, 0.2) is 29.6 Å². The minimum Gasteiger partial charge on any atom is -0.292 e. The monoisotopic (exact) mass is 269 g/mol. The summed E-state index contributed by atoms with van der Waals surface area (Å²) < 4.78 is 0. The van der Waals surface area contributed by atoms with Crippen LogP contribution in [0.5, 0.6) is 0 Å². The Kier molecular flexibility index (Phi) is 3.82. The van der Waals surface area contributed by atoms with Crippen LogP contribution in [0.4, 0.5) is 0 Å². The molecule has 0 saturated carbocycles. The Morgan fingerprint density at radius 3 is 2.37 bits per heavy atom. The van der Waals surface area contributed by atoms with Gasteiger partial charge in [0.25, 0.3) is 0 Å². The third kappa shape index (κ3) is 2.59. The molecule has 0 amide bonds. The molecule has 0 aliphatic rings. The minimum atomic E-state index is -0.694. The zero-order valence-electron chi connectivity index (χ0n) is 11.2. The van der Waals surface area contributed by atoms with Crippen LogP contribution in [0.25, 0.3) is 0 Å². The molecule has 3 heteroatoms. The number of Topliss-reactive ketones (excluding diaryl/α,β-unsaturated/α-hetero) is 1. The first-order chi connectivity index (χ1) is 9.04. The smallest absolute Gasteiger partial charge is 0.185 e. The average Bonchev–Trinajstić information content (AvgIpc) is 2.82. The first-order valence-electron chi connectivity index (χ1n) is 6.09. The lowest BCUT2D eigenvalue weighted by molar-refractivity contribution is 0.0978. The molecule has 0 saturated heterocycles. The fourth-order valence-corrected chi connectivity index (χ4v) is 3.19. The summed E-state index contributed by atoms with van der Waals surface area (Å²) in [7, 11) is 0. The van der Waals surface area contributed by atoms with Crippen molar-refractivity contribution in [3.8, 4) is 6.07 Å². The summed E-state index contributed by atoms with van der Waals surface area (Å²) in [6.07, 6.45) is 0. The van der Waals surface area contributed by atoms with E-state index >= 15 is 0 Å². The number of carbonyl (C=O) groups excluding carboxylic acids is 1. The highest BCUT2D eigenvalue weighted by molar-refractivity contribution is 7.10. The van der Waals surface area contributed by atoms with Crippen LogP contribution >= 0.6 is 11.3 Å². The number of ketones is 1. The van der Waals surface area contributed by atoms with Gasteiger partial charge in [-0.25, -0.2) is 0 Å². The minimum absolute atomic E-state index is 0.0973. The molecular formula is C16H15NOS. The van der Waals surface area contributed by atoms with Crippen molar-refractivity contribution in [1.82, 2.24) is 0 Å². The Morgan fingerprint density at radius 2 is 1.89 bits per heavy atom. The van der Waals surface area contributed by atoms with Crippen molar-refractivity contribution in [3.05, 3.63) is 56.8 Å². The lowest BCUT2D eigenvalue weighted by Crippen LogP contribution is -2.13. The Labute approximate surface area is 117 Å². The van der Waals surface area contributed by atoms with E-state index in [9.17, 15) is 10.1 Å². The molecule has 0 bridgehead atoms. The molecule has 1 aromatic carbocycles. The molecule has 2 nitrogen and oxygen atoms in total. The van der Waals surface area contributed by atoms with Crippen LogP contribution < -0.4 is 0 Å². The Balaban J connectivity index is 2.48. The van der Waals surface area contributed by atoms with E-state index in [4.69, 9.17) is 0 Å². The van der Waals surface area contributed by atoms with Gasteiger partial charge in [0.2, 0.25) is 0 Å². The first-order valence-corrected chi connectivity index (χ1v) is 6.97. The van der Waals surface area contributed by atoms with Crippen molar-refractivity contribution in [2.24, 2.45) is 0 Å². The summed E-state index contributed by atoms with van der Waals surface area (Å²) in [5.41, 5.74) is 3.71. The van der Waals surface area contributed by atoms with Crippen LogP contribution in [0.2, 0.25) is 0 Å². The van der Waals surface area contributed by atoms with Gasteiger partial charge in [0, 0.05) is 10.4 Å². The van der Waals surface area contributed by atoms with E-state index < -0.39 is 5.92 Å². The molecule has 2 aromatic rings. The average molecular weight is 269 g/mol. The lowest BCUT2D eigenvalue weighted by atomic mass is 9.90. The molecule has 1 aromatic heterocycles. The maximum absolute atomic E-state index is 12.6. The third-order valence-corrected chi connectivity index (χ3v) is 4.08. The molecule has 96 valence electrons. The van der Waals surface area contributed by atoms with Crippen LogP contribution in [0.1, 0.15) is 37.8 Å². The van der Waals surface area contributed by atoms with Gasteiger partial charge in [-0.05, 0) is 43.3 Å². The number of aryl methyl sites for hydroxylation is 3. The number of hydrogen-bond donors (Lipinski definition) is 0. The van der Waals surface area contributed by atoms with Gasteiger partial charge in [0.1, 0.15) is 5.92 Å². The van der Waals surface area contributed by atoms with E-state index in [1.807, 2.05) is 50.4 Å². The fourth-order valence-electron chi connectivity index (χ4n) is 2.42. The van der Waals surface area contributed by atoms with E-state index in [1.165, 1.54) is 11.3 Å². The largest absolute Gasteiger partial charge is 0.292 e. The quantitative estimate of drug-likeness (QED) is 0.785. The highest BCUT2D eigenvalue weighted by Crippen LogP contribution is 2.28. The molecule has 1 unspecified atom stereocenters. The maximum Gasteiger partial charge on any atom is 0.185 e. The molecule has 2 rings (SSSR count). The first kappa shape index (κ1) is 13.5. The van der Waals surface area contributed by atoms with Gasteiger partial charge < -0.3 is 0 Å². The number of rotatable bonds is 3. The molecule has 0 radical (unpaired) electrons. The van der Waals surface area contributed by atoms with Crippen LogP contribution in [0.3, 0.4) is 0 Å². The number of nitriles is 1. The molecule has 0 aliphatic heterocycles. The molecule has 0 spiro atoms. The molecule has 1 heterocycles. The Hall–Kier alpha value is -1.92. The molecule has 1 atom stereocenters. The number of carbonyl (C=O) groups is 1. The van der Waals surface area contributed by atoms with Crippen LogP contribution in [0, 0.1) is 32.1 Å². The summed E-state index contributed by atoms with van der Waals surface area (Å²) in [6, 6.07) is 9.82. The molecule has 19 heavy (non-hydrogen) atoms. The Morgan fingerprint density at radius 1 is 1.26 bits per heavy atom. The van der Waals surface area contributed by atoms with E-state index in [0.29, 0.717) is 5.56 Å². The molecule has 0 aliphatic carbocycles. The summed E-state index contributed by atoms with van der Waals surface area (Å²) in [5.74, 6) is -0.792. The predicted molar refractivity (Wildman–Crippen MR) is 77.7 cm³/mol. The van der Waals surface area contributed by atoms with E-state index in [1.54, 1.807) is 0 Å². The second kappa shape index (κ2) is 5.38. The van der Waals surface area contributed by atoms with Gasteiger partial charge in [0.05, 0.1) is 6.07 Å². The summed E-state index contributed by atoms with van der Waals surface area (Å²) in [4.78, 5) is 13.4. The highest BCUT2D eigenvalue weighted by atomic mass is 32.1. The lowest BCUT2D eigenvalue weighted by Gasteiger charge is -2.13. The second-order valence-electron chi connectivity index (χ2n) is 4.72. The number of benzene rings is 1. The number of nitrogens with zero attached hydrogens (tertiary/aromatic N) is 1. The van der Waals surface area contributed by atoms with Crippen LogP contribution in [-0.4, -0.2) is 5.78 Å². The normalized spacial score (nSPS) is 11.9. The van der Waals surface area contributed by atoms with Crippen molar-refractivity contribution < 1.29 is 4.79 Å². The van der Waals surface area contributed by atoms with Gasteiger partial charge in [-0.2, -0.15) is 5.26 Å². The van der Waals surface area contributed by atoms with Gasteiger partial charge in [-0.1, -0.05) is 23.8 Å². The third-order valence-electron chi connectivity index (χ3n) is 3.14. The molecular weight excluding hydrogens is 254 g/mol. The summed E-state index contributed by atoms with van der Waals surface area (Å²) >= 11 is 1.45. The maximum atomic E-state index is 12.6. The van der Waals surface area contributed by atoms with Crippen molar-refractivity contribution >= 4 is 17.1 Å². The molecule has 0 N–H and O–H groups in total. The molecule has 0 fully saturated rings. The van der Waals surface area contributed by atoms with Gasteiger partial charge in [0.15, 0.2) is 5.78 Å². The number of thiophene rings is 1. The standard InChI is InChI=1S/C16H15NOS/c1-10-7-11(2)15(12(3)8-10)16(18)13(9-17)14-5-4-6-19-14/h4-8,13H,1-3H3. The zero-order chi connectivity index (χ0) is 14.0. The van der Waals surface area contributed by atoms with Crippen molar-refractivity contribution in [3.63, 3.8) is 0 Å². The predicted octanol–water partition coefficient (Wildman–Crippen LogP) is 4.16. The summed E-state index contributed by atoms with van der Waals surface area (Å²) in [6.45, 7) is 5.86. The van der Waals surface area contributed by atoms with E-state index in [-0.39, 0.29) is 5.78 Å². The van der Waals surface area contributed by atoms with Crippen molar-refractivity contribution in [2.75, 3.05) is 0 Å². The second-order valence-corrected chi connectivity index (χ2v) is 5.69. The fraction of sp³-hybridized carbons (Fsp3) is 0.250. The highest BCUT2D eigenvalue weighted by Gasteiger charge is 2.25.